The molecule has 6 heteroatoms. The van der Waals surface area contributed by atoms with E-state index >= 15 is 0 Å². The number of anilines is 2. The van der Waals surface area contributed by atoms with Gasteiger partial charge in [-0.15, -0.1) is 0 Å². The first-order chi connectivity index (χ1) is 13.0. The summed E-state index contributed by atoms with van der Waals surface area (Å²) in [4.78, 5) is 12.7. The Morgan fingerprint density at radius 3 is 2.30 bits per heavy atom. The van der Waals surface area contributed by atoms with Crippen molar-refractivity contribution in [1.29, 1.82) is 0 Å². The summed E-state index contributed by atoms with van der Waals surface area (Å²) in [6.07, 6.45) is 0.875. The fourth-order valence-corrected chi connectivity index (χ4v) is 3.68. The highest BCUT2D eigenvalue weighted by Gasteiger charge is 2.14. The van der Waals surface area contributed by atoms with Gasteiger partial charge in [0.1, 0.15) is 0 Å². The van der Waals surface area contributed by atoms with Gasteiger partial charge < -0.3 is 5.32 Å². The molecular formula is C21H20N2O3S. The maximum Gasteiger partial charge on any atom is 0.261 e. The second-order valence-corrected chi connectivity index (χ2v) is 7.69. The van der Waals surface area contributed by atoms with Crippen LogP contribution in [0.25, 0.3) is 0 Å². The van der Waals surface area contributed by atoms with Gasteiger partial charge in [0.2, 0.25) is 0 Å². The molecule has 0 aliphatic rings. The molecule has 0 unspecified atom stereocenters. The molecule has 3 aromatic rings. The zero-order valence-corrected chi connectivity index (χ0v) is 15.7. The minimum Gasteiger partial charge on any atom is -0.322 e. The normalized spacial score (nSPS) is 11.0. The van der Waals surface area contributed by atoms with Crippen LogP contribution in [-0.2, 0) is 16.4 Å². The van der Waals surface area contributed by atoms with Crippen LogP contribution in [0.3, 0.4) is 0 Å². The number of nitrogens with one attached hydrogen (secondary N) is 2. The van der Waals surface area contributed by atoms with Crippen LogP contribution >= 0.6 is 0 Å². The maximum atomic E-state index is 12.5. The molecule has 0 atom stereocenters. The molecule has 0 aliphatic carbocycles. The Balaban J connectivity index is 1.78. The van der Waals surface area contributed by atoms with Gasteiger partial charge in [0, 0.05) is 16.9 Å². The first-order valence-corrected chi connectivity index (χ1v) is 10.0. The molecule has 3 aromatic carbocycles. The maximum absolute atomic E-state index is 12.5. The molecule has 0 heterocycles. The Morgan fingerprint density at radius 2 is 1.56 bits per heavy atom. The van der Waals surface area contributed by atoms with Crippen molar-refractivity contribution >= 4 is 27.3 Å². The smallest absolute Gasteiger partial charge is 0.261 e. The van der Waals surface area contributed by atoms with Crippen molar-refractivity contribution in [1.82, 2.24) is 0 Å². The second kappa shape index (κ2) is 8.05. The summed E-state index contributed by atoms with van der Waals surface area (Å²) in [5.41, 5.74) is 2.52. The molecule has 2 N–H and O–H groups in total. The van der Waals surface area contributed by atoms with E-state index in [2.05, 4.69) is 10.0 Å². The molecule has 0 radical (unpaired) electrons. The number of benzene rings is 3. The highest BCUT2D eigenvalue weighted by molar-refractivity contribution is 7.92. The fourth-order valence-electron chi connectivity index (χ4n) is 2.61. The summed E-state index contributed by atoms with van der Waals surface area (Å²) < 4.78 is 27.4. The molecule has 5 nitrogen and oxygen atoms in total. The largest absolute Gasteiger partial charge is 0.322 e. The number of carbonyl (C=O) groups is 1. The van der Waals surface area contributed by atoms with Crippen LogP contribution in [0.4, 0.5) is 11.4 Å². The Labute approximate surface area is 159 Å². The quantitative estimate of drug-likeness (QED) is 0.669. The van der Waals surface area contributed by atoms with E-state index in [-0.39, 0.29) is 10.8 Å². The number of rotatable bonds is 6. The topological polar surface area (TPSA) is 75.3 Å². The average molecular weight is 380 g/mol. The van der Waals surface area contributed by atoms with E-state index in [0.29, 0.717) is 16.9 Å². The lowest BCUT2D eigenvalue weighted by molar-refractivity contribution is 0.102. The lowest BCUT2D eigenvalue weighted by atomic mass is 10.1. The number of aryl methyl sites for hydroxylation is 1. The van der Waals surface area contributed by atoms with E-state index in [1.54, 1.807) is 36.4 Å². The van der Waals surface area contributed by atoms with E-state index in [0.717, 1.165) is 12.0 Å². The Bertz CT molecular complexity index is 1050. The van der Waals surface area contributed by atoms with Gasteiger partial charge >= 0.3 is 0 Å². The Morgan fingerprint density at radius 1 is 0.852 bits per heavy atom. The van der Waals surface area contributed by atoms with Gasteiger partial charge in [-0.05, 0) is 54.4 Å². The van der Waals surface area contributed by atoms with E-state index in [1.807, 2.05) is 31.2 Å². The number of sulfonamides is 1. The van der Waals surface area contributed by atoms with Crippen LogP contribution in [0.2, 0.25) is 0 Å². The number of hydrogen-bond donors (Lipinski definition) is 2. The molecule has 0 bridgehead atoms. The number of carbonyl (C=O) groups excluding carboxylic acids is 1. The molecule has 27 heavy (non-hydrogen) atoms. The van der Waals surface area contributed by atoms with E-state index < -0.39 is 10.0 Å². The lowest BCUT2D eigenvalue weighted by Crippen LogP contribution is -2.15. The third-order valence-corrected chi connectivity index (χ3v) is 5.42. The Hall–Kier alpha value is -3.12. The van der Waals surface area contributed by atoms with Crippen LogP contribution < -0.4 is 10.0 Å². The molecule has 0 spiro atoms. The zero-order valence-electron chi connectivity index (χ0n) is 14.8. The predicted octanol–water partition coefficient (Wildman–Crippen LogP) is 4.30. The van der Waals surface area contributed by atoms with Gasteiger partial charge in [-0.2, -0.15) is 0 Å². The predicted molar refractivity (Wildman–Crippen MR) is 107 cm³/mol. The standard InChI is InChI=1S/C21H20N2O3S/c1-2-16-8-6-10-18(14-16)22-21(24)17-9-7-11-19(15-17)23-27(25,26)20-12-4-3-5-13-20/h3-15,23H,2H2,1H3,(H,22,24). The Kier molecular flexibility index (Phi) is 5.57. The average Bonchev–Trinajstić information content (AvgIpc) is 2.68. The van der Waals surface area contributed by atoms with Gasteiger partial charge in [-0.3, -0.25) is 9.52 Å². The summed E-state index contributed by atoms with van der Waals surface area (Å²) in [7, 11) is -3.71. The lowest BCUT2D eigenvalue weighted by Gasteiger charge is -2.10. The second-order valence-electron chi connectivity index (χ2n) is 6.01. The van der Waals surface area contributed by atoms with Crippen LogP contribution in [0.15, 0.2) is 83.8 Å². The number of hydrogen-bond acceptors (Lipinski definition) is 3. The molecule has 0 aliphatic heterocycles. The first kappa shape index (κ1) is 18.7. The highest BCUT2D eigenvalue weighted by atomic mass is 32.2. The SMILES string of the molecule is CCc1cccc(NC(=O)c2cccc(NS(=O)(=O)c3ccccc3)c2)c1. The van der Waals surface area contributed by atoms with Crippen molar-refractivity contribution < 1.29 is 13.2 Å². The van der Waals surface area contributed by atoms with E-state index in [4.69, 9.17) is 0 Å². The zero-order chi connectivity index (χ0) is 19.3. The van der Waals surface area contributed by atoms with Gasteiger partial charge in [0.25, 0.3) is 15.9 Å². The van der Waals surface area contributed by atoms with Crippen molar-refractivity contribution in [3.8, 4) is 0 Å². The van der Waals surface area contributed by atoms with Crippen molar-refractivity contribution in [3.63, 3.8) is 0 Å². The molecule has 0 saturated carbocycles. The molecule has 138 valence electrons. The minimum atomic E-state index is -3.71. The van der Waals surface area contributed by atoms with Crippen LogP contribution in [-0.4, -0.2) is 14.3 Å². The summed E-state index contributed by atoms with van der Waals surface area (Å²) in [5, 5.41) is 2.84. The molecule has 3 rings (SSSR count). The summed E-state index contributed by atoms with van der Waals surface area (Å²) >= 11 is 0. The van der Waals surface area contributed by atoms with Crippen molar-refractivity contribution in [2.24, 2.45) is 0 Å². The van der Waals surface area contributed by atoms with E-state index in [1.165, 1.54) is 18.2 Å². The monoisotopic (exact) mass is 380 g/mol. The minimum absolute atomic E-state index is 0.163. The molecule has 0 saturated heterocycles. The van der Waals surface area contributed by atoms with Gasteiger partial charge in [-0.1, -0.05) is 43.3 Å². The highest BCUT2D eigenvalue weighted by Crippen LogP contribution is 2.18. The van der Waals surface area contributed by atoms with Gasteiger partial charge in [-0.25, -0.2) is 8.42 Å². The summed E-state index contributed by atoms with van der Waals surface area (Å²) in [6.45, 7) is 2.04. The van der Waals surface area contributed by atoms with Crippen LogP contribution in [0.1, 0.15) is 22.8 Å². The van der Waals surface area contributed by atoms with Crippen LogP contribution in [0.5, 0.6) is 0 Å². The van der Waals surface area contributed by atoms with Gasteiger partial charge in [0.05, 0.1) is 4.90 Å². The first-order valence-electron chi connectivity index (χ1n) is 8.56. The van der Waals surface area contributed by atoms with E-state index in [9.17, 15) is 13.2 Å². The number of amides is 1. The van der Waals surface area contributed by atoms with Gasteiger partial charge in [0.15, 0.2) is 0 Å². The van der Waals surface area contributed by atoms with Crippen LogP contribution in [0, 0.1) is 0 Å². The van der Waals surface area contributed by atoms with Crippen molar-refractivity contribution in [2.45, 2.75) is 18.2 Å². The van der Waals surface area contributed by atoms with Crippen molar-refractivity contribution in [3.05, 3.63) is 90.0 Å². The van der Waals surface area contributed by atoms with Crippen molar-refractivity contribution in [2.75, 3.05) is 10.0 Å². The molecule has 1 amide bonds. The molecule has 0 aromatic heterocycles. The summed E-state index contributed by atoms with van der Waals surface area (Å²) in [5.74, 6) is -0.302. The fraction of sp³-hybridized carbons (Fsp3) is 0.0952. The third-order valence-electron chi connectivity index (χ3n) is 4.02. The molecular weight excluding hydrogens is 360 g/mol. The summed E-state index contributed by atoms with van der Waals surface area (Å²) in [6, 6.07) is 22.1. The third kappa shape index (κ3) is 4.74. The molecule has 0 fully saturated rings.